The van der Waals surface area contributed by atoms with Crippen molar-refractivity contribution in [1.82, 2.24) is 20.5 Å². The van der Waals surface area contributed by atoms with Crippen LogP contribution in [-0.2, 0) is 24.1 Å². The van der Waals surface area contributed by atoms with E-state index in [1.165, 1.54) is 5.56 Å². The first-order chi connectivity index (χ1) is 12.2. The lowest BCUT2D eigenvalue weighted by Crippen LogP contribution is -2.27. The second-order valence-corrected chi connectivity index (χ2v) is 6.13. The highest BCUT2D eigenvalue weighted by atomic mass is 16.1. The van der Waals surface area contributed by atoms with Crippen LogP contribution in [0.2, 0.25) is 0 Å². The third kappa shape index (κ3) is 5.28. The van der Waals surface area contributed by atoms with E-state index in [0.717, 1.165) is 29.2 Å². The first-order valence-corrected chi connectivity index (χ1v) is 8.45. The molecule has 1 aromatic heterocycles. The Labute approximate surface area is 147 Å². The molecule has 0 saturated heterocycles. The van der Waals surface area contributed by atoms with Crippen LogP contribution in [-0.4, -0.2) is 27.6 Å². The molecule has 0 radical (unpaired) electrons. The van der Waals surface area contributed by atoms with Crippen LogP contribution >= 0.6 is 0 Å². The molecule has 0 aliphatic carbocycles. The first kappa shape index (κ1) is 16.9. The molecule has 128 valence electrons. The second kappa shape index (κ2) is 8.24. The van der Waals surface area contributed by atoms with Crippen LogP contribution in [0.5, 0.6) is 0 Å². The number of carbonyl (C=O) groups excluding carboxylic acids is 1. The zero-order valence-electron chi connectivity index (χ0n) is 14.3. The minimum absolute atomic E-state index is 0.0191. The number of carbonyl (C=O) groups is 1. The van der Waals surface area contributed by atoms with E-state index in [9.17, 15) is 4.79 Å². The molecule has 0 spiro atoms. The number of aryl methyl sites for hydroxylation is 1. The van der Waals surface area contributed by atoms with Crippen molar-refractivity contribution in [3.8, 4) is 0 Å². The van der Waals surface area contributed by atoms with E-state index in [1.807, 2.05) is 49.4 Å². The van der Waals surface area contributed by atoms with Gasteiger partial charge in [-0.2, -0.15) is 5.10 Å². The molecule has 1 heterocycles. The number of benzene rings is 2. The van der Waals surface area contributed by atoms with Crippen LogP contribution in [0, 0.1) is 6.92 Å². The summed E-state index contributed by atoms with van der Waals surface area (Å²) in [6, 6.07) is 18.1. The maximum absolute atomic E-state index is 12.0. The van der Waals surface area contributed by atoms with Gasteiger partial charge in [0.15, 0.2) is 5.82 Å². The fourth-order valence-corrected chi connectivity index (χ4v) is 2.70. The molecule has 5 heteroatoms. The zero-order valence-corrected chi connectivity index (χ0v) is 14.3. The molecule has 0 aliphatic heterocycles. The lowest BCUT2D eigenvalue weighted by atomic mass is 10.1. The summed E-state index contributed by atoms with van der Waals surface area (Å²) in [5, 5.41) is 10.1. The van der Waals surface area contributed by atoms with Crippen molar-refractivity contribution in [3.05, 3.63) is 82.9 Å². The zero-order chi connectivity index (χ0) is 17.5. The molecule has 0 atom stereocenters. The highest BCUT2D eigenvalue weighted by Gasteiger charge is 2.06. The fraction of sp³-hybridized carbons (Fsp3) is 0.250. The number of hydrogen-bond donors (Lipinski definition) is 2. The average Bonchev–Trinajstić information content (AvgIpc) is 3.03. The Morgan fingerprint density at radius 3 is 2.68 bits per heavy atom. The molecule has 0 saturated carbocycles. The van der Waals surface area contributed by atoms with Gasteiger partial charge in [0.05, 0.1) is 6.42 Å². The molecule has 0 aliphatic rings. The van der Waals surface area contributed by atoms with Crippen LogP contribution < -0.4 is 5.32 Å². The number of aromatic nitrogens is 3. The summed E-state index contributed by atoms with van der Waals surface area (Å²) in [4.78, 5) is 16.5. The molecule has 3 aromatic rings. The average molecular weight is 334 g/mol. The van der Waals surface area contributed by atoms with E-state index >= 15 is 0 Å². The highest BCUT2D eigenvalue weighted by molar-refractivity contribution is 5.78. The molecule has 0 bridgehead atoms. The molecule has 1 amide bonds. The monoisotopic (exact) mass is 334 g/mol. The van der Waals surface area contributed by atoms with Gasteiger partial charge in [-0.1, -0.05) is 60.2 Å². The summed E-state index contributed by atoms with van der Waals surface area (Å²) in [5.74, 6) is 1.58. The Morgan fingerprint density at radius 2 is 1.88 bits per heavy atom. The summed E-state index contributed by atoms with van der Waals surface area (Å²) >= 11 is 0. The Kier molecular flexibility index (Phi) is 5.57. The predicted octanol–water partition coefficient (Wildman–Crippen LogP) is 2.61. The van der Waals surface area contributed by atoms with Crippen LogP contribution in [0.4, 0.5) is 0 Å². The van der Waals surface area contributed by atoms with Crippen molar-refractivity contribution in [2.75, 3.05) is 6.54 Å². The van der Waals surface area contributed by atoms with Crippen LogP contribution in [0.15, 0.2) is 54.6 Å². The van der Waals surface area contributed by atoms with Gasteiger partial charge in [-0.15, -0.1) is 0 Å². The van der Waals surface area contributed by atoms with Gasteiger partial charge in [0.2, 0.25) is 5.91 Å². The third-order valence-electron chi connectivity index (χ3n) is 3.91. The minimum atomic E-state index is 0.0191. The lowest BCUT2D eigenvalue weighted by molar-refractivity contribution is -0.120. The van der Waals surface area contributed by atoms with Crippen molar-refractivity contribution < 1.29 is 4.79 Å². The quantitative estimate of drug-likeness (QED) is 0.698. The van der Waals surface area contributed by atoms with Crippen molar-refractivity contribution in [1.29, 1.82) is 0 Å². The third-order valence-corrected chi connectivity index (χ3v) is 3.91. The molecule has 25 heavy (non-hydrogen) atoms. The number of amides is 1. The van der Waals surface area contributed by atoms with E-state index in [2.05, 4.69) is 32.6 Å². The lowest BCUT2D eigenvalue weighted by Gasteiger charge is -2.04. The standard InChI is InChI=1S/C20H22N4O/c1-15-6-5-9-17(12-15)14-20(25)21-11-10-18-22-19(24-23-18)13-16-7-3-2-4-8-16/h2-9,12H,10-11,13-14H2,1H3,(H,21,25)(H,22,23,24). The van der Waals surface area contributed by atoms with E-state index in [0.29, 0.717) is 19.4 Å². The SMILES string of the molecule is Cc1cccc(CC(=O)NCCc2n[nH]c(Cc3ccccc3)n2)c1. The van der Waals surface area contributed by atoms with Gasteiger partial charge < -0.3 is 5.32 Å². The Hall–Kier alpha value is -2.95. The van der Waals surface area contributed by atoms with Gasteiger partial charge in [0.25, 0.3) is 0 Å². The summed E-state index contributed by atoms with van der Waals surface area (Å²) in [6.45, 7) is 2.56. The van der Waals surface area contributed by atoms with Gasteiger partial charge >= 0.3 is 0 Å². The summed E-state index contributed by atoms with van der Waals surface area (Å²) in [6.07, 6.45) is 1.74. The van der Waals surface area contributed by atoms with E-state index in [-0.39, 0.29) is 5.91 Å². The number of H-pyrrole nitrogens is 1. The second-order valence-electron chi connectivity index (χ2n) is 6.13. The van der Waals surface area contributed by atoms with Gasteiger partial charge in [0.1, 0.15) is 5.82 Å². The van der Waals surface area contributed by atoms with Crippen LogP contribution in [0.1, 0.15) is 28.3 Å². The van der Waals surface area contributed by atoms with E-state index in [1.54, 1.807) is 0 Å². The van der Waals surface area contributed by atoms with Crippen LogP contribution in [0.25, 0.3) is 0 Å². The van der Waals surface area contributed by atoms with Crippen molar-refractivity contribution >= 4 is 5.91 Å². The molecular weight excluding hydrogens is 312 g/mol. The minimum Gasteiger partial charge on any atom is -0.355 e. The number of nitrogens with zero attached hydrogens (tertiary/aromatic N) is 2. The largest absolute Gasteiger partial charge is 0.355 e. The molecule has 2 N–H and O–H groups in total. The first-order valence-electron chi connectivity index (χ1n) is 8.45. The van der Waals surface area contributed by atoms with Crippen LogP contribution in [0.3, 0.4) is 0 Å². The molecule has 5 nitrogen and oxygen atoms in total. The molecule has 3 rings (SSSR count). The fourth-order valence-electron chi connectivity index (χ4n) is 2.70. The van der Waals surface area contributed by atoms with Gasteiger partial charge in [-0.05, 0) is 18.1 Å². The predicted molar refractivity (Wildman–Crippen MR) is 97.2 cm³/mol. The number of rotatable bonds is 7. The Morgan fingerprint density at radius 1 is 1.08 bits per heavy atom. The maximum Gasteiger partial charge on any atom is 0.224 e. The Balaban J connectivity index is 1.44. The number of aromatic amines is 1. The molecule has 0 unspecified atom stereocenters. The normalized spacial score (nSPS) is 10.6. The molecular formula is C20H22N4O. The molecule has 0 fully saturated rings. The number of nitrogens with one attached hydrogen (secondary N) is 2. The smallest absolute Gasteiger partial charge is 0.224 e. The summed E-state index contributed by atoms with van der Waals surface area (Å²) < 4.78 is 0. The van der Waals surface area contributed by atoms with Crippen molar-refractivity contribution in [2.45, 2.75) is 26.2 Å². The Bertz CT molecular complexity index is 826. The van der Waals surface area contributed by atoms with Gasteiger partial charge in [0, 0.05) is 19.4 Å². The number of hydrogen-bond acceptors (Lipinski definition) is 3. The molecule has 2 aromatic carbocycles. The topological polar surface area (TPSA) is 70.7 Å². The highest BCUT2D eigenvalue weighted by Crippen LogP contribution is 2.06. The maximum atomic E-state index is 12.0. The van der Waals surface area contributed by atoms with Gasteiger partial charge in [-0.3, -0.25) is 9.89 Å². The summed E-state index contributed by atoms with van der Waals surface area (Å²) in [5.41, 5.74) is 3.38. The van der Waals surface area contributed by atoms with Crippen molar-refractivity contribution in [2.24, 2.45) is 0 Å². The van der Waals surface area contributed by atoms with E-state index < -0.39 is 0 Å². The van der Waals surface area contributed by atoms with E-state index in [4.69, 9.17) is 0 Å². The van der Waals surface area contributed by atoms with Crippen molar-refractivity contribution in [3.63, 3.8) is 0 Å². The van der Waals surface area contributed by atoms with Gasteiger partial charge in [-0.25, -0.2) is 4.98 Å². The summed E-state index contributed by atoms with van der Waals surface area (Å²) in [7, 11) is 0.